The van der Waals surface area contributed by atoms with E-state index < -0.39 is 10.0 Å². The van der Waals surface area contributed by atoms with Gasteiger partial charge in [-0.1, -0.05) is 12.1 Å². The summed E-state index contributed by atoms with van der Waals surface area (Å²) in [6.07, 6.45) is 1.83. The van der Waals surface area contributed by atoms with Gasteiger partial charge in [-0.3, -0.25) is 4.90 Å². The fourth-order valence-electron chi connectivity index (χ4n) is 2.46. The van der Waals surface area contributed by atoms with Gasteiger partial charge in [0, 0.05) is 32.7 Å². The lowest BCUT2D eigenvalue weighted by molar-refractivity contribution is 0.204. The molecule has 1 aromatic heterocycles. The summed E-state index contributed by atoms with van der Waals surface area (Å²) >= 11 is 0. The van der Waals surface area contributed by atoms with Crippen LogP contribution in [0.3, 0.4) is 0 Å². The van der Waals surface area contributed by atoms with Crippen molar-refractivity contribution in [3.8, 4) is 0 Å². The van der Waals surface area contributed by atoms with Gasteiger partial charge in [-0.25, -0.2) is 13.0 Å². The van der Waals surface area contributed by atoms with Crippen molar-refractivity contribution >= 4 is 21.1 Å². The molecule has 1 fully saturated rings. The number of benzene rings is 1. The number of aromatic nitrogens is 2. The Morgan fingerprint density at radius 2 is 2.00 bits per heavy atom. The van der Waals surface area contributed by atoms with Crippen molar-refractivity contribution in [1.82, 2.24) is 19.5 Å². The van der Waals surface area contributed by atoms with Gasteiger partial charge >= 0.3 is 0 Å². The minimum atomic E-state index is -3.58. The van der Waals surface area contributed by atoms with Crippen LogP contribution in [0.1, 0.15) is 0 Å². The SMILES string of the molecule is C=CCN1CCN(S(=O)(=O)c2cccc3nonc23)CC1. The molecule has 0 spiro atoms. The van der Waals surface area contributed by atoms with Crippen LogP contribution in [-0.2, 0) is 10.0 Å². The molecule has 0 unspecified atom stereocenters. The largest absolute Gasteiger partial charge is 0.297 e. The topological polar surface area (TPSA) is 79.5 Å². The Morgan fingerprint density at radius 3 is 2.71 bits per heavy atom. The molecule has 0 aliphatic carbocycles. The second kappa shape index (κ2) is 5.55. The van der Waals surface area contributed by atoms with Gasteiger partial charge in [0.25, 0.3) is 0 Å². The third-order valence-corrected chi connectivity index (χ3v) is 5.52. The highest BCUT2D eigenvalue weighted by atomic mass is 32.2. The Kier molecular flexibility index (Phi) is 3.75. The van der Waals surface area contributed by atoms with Crippen LogP contribution in [0.15, 0.2) is 40.4 Å². The summed E-state index contributed by atoms with van der Waals surface area (Å²) in [5.74, 6) is 0. The monoisotopic (exact) mass is 308 g/mol. The summed E-state index contributed by atoms with van der Waals surface area (Å²) in [5.41, 5.74) is 0.729. The van der Waals surface area contributed by atoms with E-state index in [-0.39, 0.29) is 10.4 Å². The maximum Gasteiger partial charge on any atom is 0.245 e. The van der Waals surface area contributed by atoms with Gasteiger partial charge in [-0.15, -0.1) is 6.58 Å². The maximum absolute atomic E-state index is 12.7. The molecular weight excluding hydrogens is 292 g/mol. The lowest BCUT2D eigenvalue weighted by Gasteiger charge is -2.33. The zero-order valence-electron chi connectivity index (χ0n) is 11.5. The molecule has 21 heavy (non-hydrogen) atoms. The molecule has 0 bridgehead atoms. The highest BCUT2D eigenvalue weighted by Gasteiger charge is 2.30. The van der Waals surface area contributed by atoms with Crippen LogP contribution in [0.25, 0.3) is 11.0 Å². The molecular formula is C13H16N4O3S. The first-order valence-corrected chi connectivity index (χ1v) is 8.11. The Hall–Kier alpha value is -1.77. The van der Waals surface area contributed by atoms with Crippen LogP contribution in [0.5, 0.6) is 0 Å². The average Bonchev–Trinajstić information content (AvgIpc) is 2.96. The second-order valence-corrected chi connectivity index (χ2v) is 6.79. The molecule has 8 heteroatoms. The zero-order chi connectivity index (χ0) is 14.9. The van der Waals surface area contributed by atoms with Crippen molar-refractivity contribution in [1.29, 1.82) is 0 Å². The first kappa shape index (κ1) is 14.2. The molecule has 112 valence electrons. The number of sulfonamides is 1. The van der Waals surface area contributed by atoms with Crippen molar-refractivity contribution in [2.45, 2.75) is 4.90 Å². The van der Waals surface area contributed by atoms with E-state index >= 15 is 0 Å². The van der Waals surface area contributed by atoms with Gasteiger partial charge in [0.05, 0.1) is 0 Å². The molecule has 1 aliphatic heterocycles. The van der Waals surface area contributed by atoms with Crippen LogP contribution in [0, 0.1) is 0 Å². The first-order valence-electron chi connectivity index (χ1n) is 6.67. The summed E-state index contributed by atoms with van der Waals surface area (Å²) in [4.78, 5) is 2.32. The Bertz CT molecular complexity index is 748. The molecule has 1 saturated heterocycles. The number of fused-ring (bicyclic) bond motifs is 1. The summed E-state index contributed by atoms with van der Waals surface area (Å²) in [5, 5.41) is 7.39. The molecule has 2 aromatic rings. The minimum Gasteiger partial charge on any atom is -0.297 e. The van der Waals surface area contributed by atoms with Crippen LogP contribution >= 0.6 is 0 Å². The molecule has 1 aromatic carbocycles. The average molecular weight is 308 g/mol. The van der Waals surface area contributed by atoms with E-state index in [0.29, 0.717) is 31.7 Å². The van der Waals surface area contributed by atoms with E-state index in [0.717, 1.165) is 6.54 Å². The lowest BCUT2D eigenvalue weighted by Crippen LogP contribution is -2.48. The molecule has 0 saturated carbocycles. The Labute approximate surface area is 122 Å². The lowest BCUT2D eigenvalue weighted by atomic mass is 10.3. The fraction of sp³-hybridized carbons (Fsp3) is 0.385. The van der Waals surface area contributed by atoms with Crippen LogP contribution in [-0.4, -0.2) is 60.7 Å². The highest BCUT2D eigenvalue weighted by molar-refractivity contribution is 7.89. The fourth-order valence-corrected chi connectivity index (χ4v) is 4.02. The van der Waals surface area contributed by atoms with Gasteiger partial charge in [0.2, 0.25) is 10.0 Å². The zero-order valence-corrected chi connectivity index (χ0v) is 12.3. The van der Waals surface area contributed by atoms with Gasteiger partial charge in [0.15, 0.2) is 5.52 Å². The standard InChI is InChI=1S/C13H16N4O3S/c1-2-6-16-7-9-17(10-8-16)21(18,19)12-5-3-4-11-13(12)15-20-14-11/h2-5H,1,6-10H2. The van der Waals surface area contributed by atoms with Crippen molar-refractivity contribution in [3.63, 3.8) is 0 Å². The summed E-state index contributed by atoms with van der Waals surface area (Å²) in [6, 6.07) is 4.86. The summed E-state index contributed by atoms with van der Waals surface area (Å²) in [7, 11) is -3.58. The summed E-state index contributed by atoms with van der Waals surface area (Å²) < 4.78 is 31.6. The molecule has 7 nitrogen and oxygen atoms in total. The van der Waals surface area contributed by atoms with Crippen LogP contribution in [0.2, 0.25) is 0 Å². The van der Waals surface area contributed by atoms with E-state index in [9.17, 15) is 8.42 Å². The van der Waals surface area contributed by atoms with Gasteiger partial charge in [-0.2, -0.15) is 4.31 Å². The normalized spacial score (nSPS) is 18.1. The number of hydrogen-bond acceptors (Lipinski definition) is 6. The van der Waals surface area contributed by atoms with E-state index in [1.165, 1.54) is 10.4 Å². The predicted molar refractivity (Wildman–Crippen MR) is 77.2 cm³/mol. The molecule has 1 aliphatic rings. The van der Waals surface area contributed by atoms with Gasteiger partial charge < -0.3 is 0 Å². The van der Waals surface area contributed by atoms with E-state index in [1.807, 2.05) is 6.08 Å². The van der Waals surface area contributed by atoms with Crippen molar-refractivity contribution in [2.24, 2.45) is 0 Å². The van der Waals surface area contributed by atoms with Gasteiger partial charge in [0.1, 0.15) is 10.4 Å². The van der Waals surface area contributed by atoms with Crippen molar-refractivity contribution < 1.29 is 13.0 Å². The van der Waals surface area contributed by atoms with Crippen molar-refractivity contribution in [3.05, 3.63) is 30.9 Å². The third kappa shape index (κ3) is 2.57. The van der Waals surface area contributed by atoms with Crippen LogP contribution < -0.4 is 0 Å². The first-order chi connectivity index (χ1) is 10.1. The van der Waals surface area contributed by atoms with Gasteiger partial charge in [-0.05, 0) is 22.4 Å². The molecule has 0 radical (unpaired) electrons. The number of nitrogens with zero attached hydrogens (tertiary/aromatic N) is 4. The summed E-state index contributed by atoms with van der Waals surface area (Å²) in [6.45, 7) is 6.77. The number of rotatable bonds is 4. The third-order valence-electron chi connectivity index (χ3n) is 3.59. The molecule has 0 atom stereocenters. The maximum atomic E-state index is 12.7. The van der Waals surface area contributed by atoms with E-state index in [4.69, 9.17) is 0 Å². The van der Waals surface area contributed by atoms with Crippen LogP contribution in [0.4, 0.5) is 0 Å². The number of hydrogen-bond donors (Lipinski definition) is 0. The predicted octanol–water partition coefficient (Wildman–Crippen LogP) is 0.715. The Balaban J connectivity index is 1.88. The molecule has 3 rings (SSSR count). The number of piperazine rings is 1. The van der Waals surface area contributed by atoms with E-state index in [2.05, 4.69) is 26.4 Å². The smallest absolute Gasteiger partial charge is 0.245 e. The highest BCUT2D eigenvalue weighted by Crippen LogP contribution is 2.24. The molecule has 0 amide bonds. The second-order valence-electron chi connectivity index (χ2n) is 4.88. The molecule has 2 heterocycles. The molecule has 0 N–H and O–H groups in total. The van der Waals surface area contributed by atoms with E-state index in [1.54, 1.807) is 12.1 Å². The Morgan fingerprint density at radius 1 is 1.24 bits per heavy atom. The minimum absolute atomic E-state index is 0.151. The quantitative estimate of drug-likeness (QED) is 0.774. The van der Waals surface area contributed by atoms with Crippen molar-refractivity contribution in [2.75, 3.05) is 32.7 Å².